The van der Waals surface area contributed by atoms with Gasteiger partial charge in [0.25, 0.3) is 5.91 Å². The van der Waals surface area contributed by atoms with Gasteiger partial charge in [0, 0.05) is 12.2 Å². The van der Waals surface area contributed by atoms with E-state index in [1.807, 2.05) is 18.2 Å². The highest BCUT2D eigenvalue weighted by atomic mass is 19.1. The standard InChI is InChI=1S/C17H16FNO3/c1-21-15-6-7-16-12(10-15)8-9-19(16)17(20)11-22-14-4-2-13(18)3-5-14/h2-7,10H,8-9,11H2,1H3. The molecule has 3 rings (SSSR count). The first-order valence-corrected chi connectivity index (χ1v) is 7.03. The third kappa shape index (κ3) is 2.88. The van der Waals surface area contributed by atoms with Crippen molar-refractivity contribution in [1.82, 2.24) is 0 Å². The molecule has 0 atom stereocenters. The Morgan fingerprint density at radius 3 is 2.64 bits per heavy atom. The SMILES string of the molecule is COc1ccc2c(c1)CCN2C(=O)COc1ccc(F)cc1. The first-order valence-electron chi connectivity index (χ1n) is 7.03. The molecule has 1 heterocycles. The van der Waals surface area contributed by atoms with E-state index in [1.165, 1.54) is 24.3 Å². The Kier molecular flexibility index (Phi) is 3.96. The fraction of sp³-hybridized carbons (Fsp3) is 0.235. The van der Waals surface area contributed by atoms with Crippen LogP contribution in [-0.2, 0) is 11.2 Å². The summed E-state index contributed by atoms with van der Waals surface area (Å²) in [5, 5.41) is 0. The van der Waals surface area contributed by atoms with Gasteiger partial charge in [-0.15, -0.1) is 0 Å². The largest absolute Gasteiger partial charge is 0.497 e. The third-order valence-corrected chi connectivity index (χ3v) is 3.66. The van der Waals surface area contributed by atoms with Gasteiger partial charge in [-0.05, 0) is 54.4 Å². The number of ether oxygens (including phenoxy) is 2. The second-order valence-electron chi connectivity index (χ2n) is 5.03. The summed E-state index contributed by atoms with van der Waals surface area (Å²) in [5.74, 6) is 0.814. The Hall–Kier alpha value is -2.56. The number of methoxy groups -OCH3 is 1. The molecule has 0 N–H and O–H groups in total. The number of benzene rings is 2. The van der Waals surface area contributed by atoms with E-state index in [2.05, 4.69) is 0 Å². The van der Waals surface area contributed by atoms with Crippen molar-refractivity contribution in [1.29, 1.82) is 0 Å². The number of amides is 1. The summed E-state index contributed by atoms with van der Waals surface area (Å²) in [6.07, 6.45) is 0.800. The molecule has 0 saturated heterocycles. The van der Waals surface area contributed by atoms with Crippen LogP contribution in [0, 0.1) is 5.82 Å². The monoisotopic (exact) mass is 301 g/mol. The van der Waals surface area contributed by atoms with Crippen LogP contribution >= 0.6 is 0 Å². The molecule has 2 aromatic carbocycles. The number of nitrogens with zero attached hydrogens (tertiary/aromatic N) is 1. The van der Waals surface area contributed by atoms with Gasteiger partial charge in [0.05, 0.1) is 7.11 Å². The van der Waals surface area contributed by atoms with E-state index < -0.39 is 0 Å². The normalized spacial score (nSPS) is 12.9. The number of carbonyl (C=O) groups is 1. The fourth-order valence-electron chi connectivity index (χ4n) is 2.52. The number of hydrogen-bond donors (Lipinski definition) is 0. The maximum Gasteiger partial charge on any atom is 0.264 e. The van der Waals surface area contributed by atoms with Gasteiger partial charge < -0.3 is 14.4 Å². The van der Waals surface area contributed by atoms with Crippen molar-refractivity contribution >= 4 is 11.6 Å². The van der Waals surface area contributed by atoms with Crippen molar-refractivity contribution in [2.45, 2.75) is 6.42 Å². The summed E-state index contributed by atoms with van der Waals surface area (Å²) >= 11 is 0. The molecule has 22 heavy (non-hydrogen) atoms. The lowest BCUT2D eigenvalue weighted by Crippen LogP contribution is -2.33. The van der Waals surface area contributed by atoms with E-state index in [0.29, 0.717) is 12.3 Å². The Morgan fingerprint density at radius 2 is 1.91 bits per heavy atom. The van der Waals surface area contributed by atoms with Crippen LogP contribution in [0.3, 0.4) is 0 Å². The molecule has 0 aromatic heterocycles. The van der Waals surface area contributed by atoms with Crippen LogP contribution in [0.1, 0.15) is 5.56 Å². The maximum absolute atomic E-state index is 12.8. The predicted molar refractivity (Wildman–Crippen MR) is 80.9 cm³/mol. The number of rotatable bonds is 4. The molecule has 1 aliphatic rings. The molecular weight excluding hydrogens is 285 g/mol. The van der Waals surface area contributed by atoms with Crippen LogP contribution in [0.15, 0.2) is 42.5 Å². The highest BCUT2D eigenvalue weighted by molar-refractivity contribution is 5.96. The number of halogens is 1. The zero-order valence-corrected chi connectivity index (χ0v) is 12.2. The van der Waals surface area contributed by atoms with Gasteiger partial charge in [0.1, 0.15) is 17.3 Å². The lowest BCUT2D eigenvalue weighted by Gasteiger charge is -2.17. The van der Waals surface area contributed by atoms with E-state index in [9.17, 15) is 9.18 Å². The van der Waals surface area contributed by atoms with Gasteiger partial charge in [-0.25, -0.2) is 4.39 Å². The molecule has 0 unspecified atom stereocenters. The Bertz CT molecular complexity index is 685. The Balaban J connectivity index is 1.66. The average Bonchev–Trinajstić information content (AvgIpc) is 2.97. The van der Waals surface area contributed by atoms with E-state index in [-0.39, 0.29) is 18.3 Å². The van der Waals surface area contributed by atoms with Crippen LogP contribution < -0.4 is 14.4 Å². The summed E-state index contributed by atoms with van der Waals surface area (Å²) in [6, 6.07) is 11.3. The zero-order valence-electron chi connectivity index (χ0n) is 12.2. The highest BCUT2D eigenvalue weighted by Gasteiger charge is 2.25. The van der Waals surface area contributed by atoms with Crippen molar-refractivity contribution < 1.29 is 18.7 Å². The first-order chi connectivity index (χ1) is 10.7. The smallest absolute Gasteiger partial charge is 0.264 e. The maximum atomic E-state index is 12.8. The minimum absolute atomic E-state index is 0.0723. The van der Waals surface area contributed by atoms with Gasteiger partial charge in [-0.1, -0.05) is 0 Å². The number of fused-ring (bicyclic) bond motifs is 1. The summed E-state index contributed by atoms with van der Waals surface area (Å²) in [7, 11) is 1.62. The average molecular weight is 301 g/mol. The zero-order chi connectivity index (χ0) is 15.5. The molecule has 0 aliphatic carbocycles. The van der Waals surface area contributed by atoms with E-state index in [1.54, 1.807) is 12.0 Å². The van der Waals surface area contributed by atoms with Crippen molar-refractivity contribution in [3.63, 3.8) is 0 Å². The van der Waals surface area contributed by atoms with Crippen LogP contribution in [0.2, 0.25) is 0 Å². The Labute approximate surface area is 128 Å². The summed E-state index contributed by atoms with van der Waals surface area (Å²) in [5.41, 5.74) is 1.99. The van der Waals surface area contributed by atoms with Crippen LogP contribution in [0.4, 0.5) is 10.1 Å². The molecule has 1 amide bonds. The quantitative estimate of drug-likeness (QED) is 0.871. The van der Waals surface area contributed by atoms with E-state index in [4.69, 9.17) is 9.47 Å². The first kappa shape index (κ1) is 14.4. The Morgan fingerprint density at radius 1 is 1.18 bits per heavy atom. The summed E-state index contributed by atoms with van der Waals surface area (Å²) in [4.78, 5) is 14.0. The lowest BCUT2D eigenvalue weighted by molar-refractivity contribution is -0.120. The van der Waals surface area contributed by atoms with Crippen LogP contribution in [0.5, 0.6) is 11.5 Å². The molecule has 114 valence electrons. The molecule has 1 aliphatic heterocycles. The molecule has 2 aromatic rings. The molecule has 0 saturated carbocycles. The number of carbonyl (C=O) groups excluding carboxylic acids is 1. The second-order valence-corrected chi connectivity index (χ2v) is 5.03. The minimum Gasteiger partial charge on any atom is -0.497 e. The van der Waals surface area contributed by atoms with Gasteiger partial charge in [0.15, 0.2) is 6.61 Å². The fourth-order valence-corrected chi connectivity index (χ4v) is 2.52. The van der Waals surface area contributed by atoms with E-state index >= 15 is 0 Å². The van der Waals surface area contributed by atoms with Crippen molar-refractivity contribution in [2.24, 2.45) is 0 Å². The molecule has 0 fully saturated rings. The molecular formula is C17H16FNO3. The van der Waals surface area contributed by atoms with Crippen LogP contribution in [-0.4, -0.2) is 26.2 Å². The summed E-state index contributed by atoms with van der Waals surface area (Å²) < 4.78 is 23.4. The molecule has 0 spiro atoms. The van der Waals surface area contributed by atoms with Crippen molar-refractivity contribution in [3.05, 3.63) is 53.8 Å². The topological polar surface area (TPSA) is 38.8 Å². The molecule has 4 nitrogen and oxygen atoms in total. The van der Waals surface area contributed by atoms with Gasteiger partial charge in [0.2, 0.25) is 0 Å². The second kappa shape index (κ2) is 6.05. The van der Waals surface area contributed by atoms with Gasteiger partial charge >= 0.3 is 0 Å². The molecule has 0 bridgehead atoms. The van der Waals surface area contributed by atoms with Gasteiger partial charge in [-0.3, -0.25) is 4.79 Å². The molecule has 0 radical (unpaired) electrons. The van der Waals surface area contributed by atoms with E-state index in [0.717, 1.165) is 23.4 Å². The van der Waals surface area contributed by atoms with Gasteiger partial charge in [-0.2, -0.15) is 0 Å². The minimum atomic E-state index is -0.332. The van der Waals surface area contributed by atoms with Crippen molar-refractivity contribution in [3.8, 4) is 11.5 Å². The predicted octanol–water partition coefficient (Wildman–Crippen LogP) is 2.80. The third-order valence-electron chi connectivity index (χ3n) is 3.66. The van der Waals surface area contributed by atoms with Crippen LogP contribution in [0.25, 0.3) is 0 Å². The lowest BCUT2D eigenvalue weighted by atomic mass is 10.1. The number of hydrogen-bond acceptors (Lipinski definition) is 3. The molecule has 5 heteroatoms. The highest BCUT2D eigenvalue weighted by Crippen LogP contribution is 2.31. The number of anilines is 1. The summed E-state index contributed by atoms with van der Waals surface area (Å²) in [6.45, 7) is 0.561. The van der Waals surface area contributed by atoms with Crippen molar-refractivity contribution in [2.75, 3.05) is 25.2 Å².